The van der Waals surface area contributed by atoms with E-state index >= 15 is 0 Å². The van der Waals surface area contributed by atoms with Gasteiger partial charge < -0.3 is 4.90 Å². The second-order valence-electron chi connectivity index (χ2n) is 4.27. The van der Waals surface area contributed by atoms with Crippen LogP contribution >= 0.6 is 0 Å². The van der Waals surface area contributed by atoms with Gasteiger partial charge in [0.1, 0.15) is 11.5 Å². The van der Waals surface area contributed by atoms with Crippen molar-refractivity contribution in [3.05, 3.63) is 33.6 Å². The summed E-state index contributed by atoms with van der Waals surface area (Å²) in [6, 6.07) is 0.870. The minimum atomic E-state index is -4.95. The van der Waals surface area contributed by atoms with Gasteiger partial charge in [-0.15, -0.1) is 0 Å². The number of hydrogen-bond acceptors (Lipinski definition) is 3. The normalized spacial score (nSPS) is 15.9. The average Bonchev–Trinajstić information content (AvgIpc) is 2.79. The molecule has 1 fully saturated rings. The van der Waals surface area contributed by atoms with Crippen LogP contribution in [-0.4, -0.2) is 18.0 Å². The van der Waals surface area contributed by atoms with Gasteiger partial charge in [-0.2, -0.15) is 13.2 Å². The number of nitro benzene ring substituents is 1. The third-order valence-electron chi connectivity index (χ3n) is 3.01. The van der Waals surface area contributed by atoms with E-state index in [9.17, 15) is 27.7 Å². The highest BCUT2D eigenvalue weighted by Gasteiger charge is 2.37. The Balaban J connectivity index is 2.55. The maximum atomic E-state index is 13.5. The fraction of sp³-hybridized carbons (Fsp3) is 0.455. The number of benzene rings is 1. The predicted molar refractivity (Wildman–Crippen MR) is 59.5 cm³/mol. The van der Waals surface area contributed by atoms with Gasteiger partial charge in [0, 0.05) is 25.2 Å². The Hall–Kier alpha value is -1.86. The summed E-state index contributed by atoms with van der Waals surface area (Å²) in [6.07, 6.45) is -3.39. The SMILES string of the molecule is O=[N+]([O-])c1cc(C(F)(F)F)c(F)cc1N1CCCC1. The van der Waals surface area contributed by atoms with Crippen molar-refractivity contribution in [2.75, 3.05) is 18.0 Å². The average molecular weight is 278 g/mol. The third kappa shape index (κ3) is 2.61. The van der Waals surface area contributed by atoms with Crippen molar-refractivity contribution < 1.29 is 22.5 Å². The van der Waals surface area contributed by atoms with Crippen LogP contribution in [0.2, 0.25) is 0 Å². The van der Waals surface area contributed by atoms with Crippen molar-refractivity contribution in [1.29, 1.82) is 0 Å². The molecule has 2 rings (SSSR count). The van der Waals surface area contributed by atoms with Crippen LogP contribution in [0.4, 0.5) is 28.9 Å². The van der Waals surface area contributed by atoms with Gasteiger partial charge in [-0.05, 0) is 12.8 Å². The zero-order valence-corrected chi connectivity index (χ0v) is 9.71. The quantitative estimate of drug-likeness (QED) is 0.473. The number of rotatable bonds is 2. The van der Waals surface area contributed by atoms with E-state index in [-0.39, 0.29) is 11.8 Å². The smallest absolute Gasteiger partial charge is 0.366 e. The molecule has 1 aliphatic heterocycles. The van der Waals surface area contributed by atoms with Crippen molar-refractivity contribution >= 4 is 11.4 Å². The molecular weight excluding hydrogens is 268 g/mol. The first-order chi connectivity index (χ1) is 8.80. The third-order valence-corrected chi connectivity index (χ3v) is 3.01. The maximum absolute atomic E-state index is 13.5. The highest BCUT2D eigenvalue weighted by atomic mass is 19.4. The lowest BCUT2D eigenvalue weighted by Crippen LogP contribution is -2.20. The Bertz CT molecular complexity index is 510. The zero-order chi connectivity index (χ0) is 14.2. The van der Waals surface area contributed by atoms with Crippen LogP contribution in [0.25, 0.3) is 0 Å². The van der Waals surface area contributed by atoms with Crippen LogP contribution in [0.5, 0.6) is 0 Å². The standard InChI is InChI=1S/C11H10F4N2O2/c12-8-6-9(16-3-1-2-4-16)10(17(18)19)5-7(8)11(13,14)15/h5-6H,1-4H2. The molecule has 19 heavy (non-hydrogen) atoms. The Labute approximate surface area is 105 Å². The van der Waals surface area contributed by atoms with Crippen LogP contribution in [0.15, 0.2) is 12.1 Å². The zero-order valence-electron chi connectivity index (χ0n) is 9.71. The highest BCUT2D eigenvalue weighted by molar-refractivity contribution is 5.65. The fourth-order valence-corrected chi connectivity index (χ4v) is 2.13. The lowest BCUT2D eigenvalue weighted by molar-refractivity contribution is -0.384. The highest BCUT2D eigenvalue weighted by Crippen LogP contribution is 2.39. The summed E-state index contributed by atoms with van der Waals surface area (Å²) in [5.41, 5.74) is -2.41. The summed E-state index contributed by atoms with van der Waals surface area (Å²) < 4.78 is 51.0. The monoisotopic (exact) mass is 278 g/mol. The number of halogens is 4. The van der Waals surface area contributed by atoms with Gasteiger partial charge in [0.2, 0.25) is 0 Å². The summed E-state index contributed by atoms with van der Waals surface area (Å²) in [6.45, 7) is 0.956. The number of nitrogens with zero attached hydrogens (tertiary/aromatic N) is 2. The summed E-state index contributed by atoms with van der Waals surface area (Å²) in [5, 5.41) is 10.9. The van der Waals surface area contributed by atoms with Crippen molar-refractivity contribution in [3.8, 4) is 0 Å². The maximum Gasteiger partial charge on any atom is 0.419 e. The van der Waals surface area contributed by atoms with Crippen LogP contribution < -0.4 is 4.90 Å². The van der Waals surface area contributed by atoms with Crippen LogP contribution in [0.1, 0.15) is 18.4 Å². The fourth-order valence-electron chi connectivity index (χ4n) is 2.13. The molecule has 1 aromatic rings. The van der Waals surface area contributed by atoms with E-state index in [2.05, 4.69) is 0 Å². The summed E-state index contributed by atoms with van der Waals surface area (Å²) in [4.78, 5) is 11.5. The molecular formula is C11H10F4N2O2. The van der Waals surface area contributed by atoms with Crippen molar-refractivity contribution in [2.24, 2.45) is 0 Å². The Morgan fingerprint density at radius 1 is 1.21 bits per heavy atom. The molecule has 0 N–H and O–H groups in total. The van der Waals surface area contributed by atoms with Crippen molar-refractivity contribution in [3.63, 3.8) is 0 Å². The molecule has 0 atom stereocenters. The molecule has 1 aromatic carbocycles. The molecule has 0 radical (unpaired) electrons. The molecule has 0 aliphatic carbocycles. The van der Waals surface area contributed by atoms with E-state index < -0.39 is 28.2 Å². The Morgan fingerprint density at radius 3 is 2.26 bits per heavy atom. The second-order valence-corrected chi connectivity index (χ2v) is 4.27. The number of hydrogen-bond donors (Lipinski definition) is 0. The van der Waals surface area contributed by atoms with Gasteiger partial charge >= 0.3 is 6.18 Å². The molecule has 0 amide bonds. The van der Waals surface area contributed by atoms with Gasteiger partial charge in [0.25, 0.3) is 5.69 Å². The van der Waals surface area contributed by atoms with Crippen LogP contribution in [-0.2, 0) is 6.18 Å². The topological polar surface area (TPSA) is 46.4 Å². The molecule has 1 heterocycles. The molecule has 0 bridgehead atoms. The number of anilines is 1. The molecule has 0 saturated carbocycles. The Kier molecular flexibility index (Phi) is 3.34. The minimum Gasteiger partial charge on any atom is -0.366 e. The molecule has 8 heteroatoms. The minimum absolute atomic E-state index is 0.0898. The van der Waals surface area contributed by atoms with Gasteiger partial charge in [0.05, 0.1) is 10.5 Å². The van der Waals surface area contributed by atoms with Crippen LogP contribution in [0.3, 0.4) is 0 Å². The summed E-state index contributed by atoms with van der Waals surface area (Å²) in [7, 11) is 0. The van der Waals surface area contributed by atoms with Crippen LogP contribution in [0, 0.1) is 15.9 Å². The Morgan fingerprint density at radius 2 is 1.79 bits per heavy atom. The van der Waals surface area contributed by atoms with E-state index in [1.165, 1.54) is 4.90 Å². The lowest BCUT2D eigenvalue weighted by Gasteiger charge is -2.19. The summed E-state index contributed by atoms with van der Waals surface area (Å²) >= 11 is 0. The first-order valence-corrected chi connectivity index (χ1v) is 5.61. The van der Waals surface area contributed by atoms with E-state index in [1.54, 1.807) is 0 Å². The number of alkyl halides is 3. The molecule has 0 aromatic heterocycles. The van der Waals surface area contributed by atoms with E-state index in [4.69, 9.17) is 0 Å². The predicted octanol–water partition coefficient (Wildman–Crippen LogP) is 3.35. The van der Waals surface area contributed by atoms with Crippen molar-refractivity contribution in [1.82, 2.24) is 0 Å². The van der Waals surface area contributed by atoms with Gasteiger partial charge in [-0.3, -0.25) is 10.1 Å². The molecule has 4 nitrogen and oxygen atoms in total. The molecule has 0 spiro atoms. The van der Waals surface area contributed by atoms with E-state index in [0.717, 1.165) is 12.8 Å². The van der Waals surface area contributed by atoms with Gasteiger partial charge in [-0.25, -0.2) is 4.39 Å². The van der Waals surface area contributed by atoms with Crippen molar-refractivity contribution in [2.45, 2.75) is 19.0 Å². The molecule has 104 valence electrons. The molecule has 0 unspecified atom stereocenters. The summed E-state index contributed by atoms with van der Waals surface area (Å²) in [5.74, 6) is -1.49. The van der Waals surface area contributed by atoms with Gasteiger partial charge in [0.15, 0.2) is 0 Å². The number of nitro groups is 1. The first-order valence-electron chi connectivity index (χ1n) is 5.61. The molecule has 1 saturated heterocycles. The van der Waals surface area contributed by atoms with E-state index in [0.29, 0.717) is 19.2 Å². The van der Waals surface area contributed by atoms with Gasteiger partial charge in [-0.1, -0.05) is 0 Å². The largest absolute Gasteiger partial charge is 0.419 e. The second kappa shape index (κ2) is 4.67. The molecule has 1 aliphatic rings. The first kappa shape index (κ1) is 13.6. The van der Waals surface area contributed by atoms with E-state index in [1.807, 2.05) is 0 Å². The lowest BCUT2D eigenvalue weighted by atomic mass is 10.1.